The third-order valence-electron chi connectivity index (χ3n) is 11.8. The minimum atomic E-state index is -3.69. The summed E-state index contributed by atoms with van der Waals surface area (Å²) in [5, 5.41) is 5.37. The van der Waals surface area contributed by atoms with Crippen molar-refractivity contribution in [2.24, 2.45) is 16.8 Å². The number of H-pyrrole nitrogens is 1. The Bertz CT molecular complexity index is 2480. The first kappa shape index (κ1) is 42.4. The summed E-state index contributed by atoms with van der Waals surface area (Å²) in [6.45, 7) is 8.61. The zero-order valence-electron chi connectivity index (χ0n) is 35.1. The highest BCUT2D eigenvalue weighted by Gasteiger charge is 2.40. The molecule has 60 heavy (non-hydrogen) atoms. The van der Waals surface area contributed by atoms with E-state index < -0.39 is 34.1 Å². The van der Waals surface area contributed by atoms with Crippen LogP contribution in [0.1, 0.15) is 70.8 Å². The van der Waals surface area contributed by atoms with Crippen LogP contribution in [0.25, 0.3) is 33.3 Å². The highest BCUT2D eigenvalue weighted by atomic mass is 32.2. The van der Waals surface area contributed by atoms with E-state index in [-0.39, 0.29) is 40.6 Å². The van der Waals surface area contributed by atoms with Gasteiger partial charge in [0.25, 0.3) is 0 Å². The molecule has 3 N–H and O–H groups in total. The molecule has 318 valence electrons. The van der Waals surface area contributed by atoms with Crippen molar-refractivity contribution in [3.8, 4) is 22.3 Å². The maximum atomic E-state index is 13.7. The second-order valence-corrected chi connectivity index (χ2v) is 18.5. The molecule has 4 amide bonds. The summed E-state index contributed by atoms with van der Waals surface area (Å²) < 4.78 is 36.3. The Morgan fingerprint density at radius 1 is 0.767 bits per heavy atom. The molecule has 0 aliphatic carbocycles. The first-order chi connectivity index (χ1) is 28.6. The zero-order valence-corrected chi connectivity index (χ0v) is 35.9. The van der Waals surface area contributed by atoms with E-state index in [9.17, 15) is 27.6 Å². The van der Waals surface area contributed by atoms with Gasteiger partial charge in [-0.25, -0.2) is 23.0 Å². The number of likely N-dealkylation sites (tertiary alicyclic amines) is 2. The average Bonchev–Trinajstić information content (AvgIpc) is 4.05. The third-order valence-corrected chi connectivity index (χ3v) is 12.9. The van der Waals surface area contributed by atoms with Gasteiger partial charge < -0.3 is 34.9 Å². The van der Waals surface area contributed by atoms with Crippen LogP contribution in [-0.4, -0.2) is 110 Å². The molecule has 16 heteroatoms. The van der Waals surface area contributed by atoms with Crippen molar-refractivity contribution in [2.75, 3.05) is 33.6 Å². The van der Waals surface area contributed by atoms with Crippen LogP contribution in [0, 0.1) is 11.8 Å². The molecular weight excluding hydrogens is 787 g/mol. The van der Waals surface area contributed by atoms with E-state index in [1.807, 2.05) is 81.1 Å². The molecule has 7 rings (SSSR count). The van der Waals surface area contributed by atoms with E-state index in [0.29, 0.717) is 59.5 Å². The number of hydrogen-bond acceptors (Lipinski definition) is 10. The first-order valence-electron chi connectivity index (χ1n) is 20.4. The number of aliphatic imine (C=N–C) groups is 1. The molecule has 0 saturated carbocycles. The molecule has 1 aromatic heterocycles. The van der Waals surface area contributed by atoms with Crippen LogP contribution in [0.2, 0.25) is 0 Å². The summed E-state index contributed by atoms with van der Waals surface area (Å²) in [6.07, 6.45) is 3.55. The predicted octanol–water partition coefficient (Wildman–Crippen LogP) is 6.34. The van der Waals surface area contributed by atoms with E-state index in [1.165, 1.54) is 20.5 Å². The quantitative estimate of drug-likeness (QED) is 0.155. The molecular formula is C44H53N7O8S. The SMILES string of the molecule is COC(=O)N[C@H](C(=O)N1CCC[C@H]1C1=Nc2cc(-c3ccc(-c4ccc5nc([C@@H]6CCCN6C(=O)[C@@H](NC(=O)OC)C(C)C)[nH]c5c4)c(S(C)(=O)=O)c3)ccc2C1)C(C)C. The number of fused-ring (bicyclic) bond motifs is 2. The van der Waals surface area contributed by atoms with E-state index >= 15 is 0 Å². The predicted molar refractivity (Wildman–Crippen MR) is 228 cm³/mol. The van der Waals surface area contributed by atoms with E-state index in [0.717, 1.165) is 41.8 Å². The summed E-state index contributed by atoms with van der Waals surface area (Å²) in [5.41, 5.74) is 6.83. The Labute approximate surface area is 350 Å². The molecule has 2 saturated heterocycles. The van der Waals surface area contributed by atoms with Crippen molar-refractivity contribution in [3.63, 3.8) is 0 Å². The van der Waals surface area contributed by atoms with Crippen molar-refractivity contribution in [3.05, 3.63) is 66.0 Å². The number of methoxy groups -OCH3 is 2. The number of aromatic amines is 1. The highest BCUT2D eigenvalue weighted by molar-refractivity contribution is 7.90. The number of carbonyl (C=O) groups is 4. The van der Waals surface area contributed by atoms with E-state index in [2.05, 4.69) is 15.6 Å². The summed E-state index contributed by atoms with van der Waals surface area (Å²) in [7, 11) is -1.15. The van der Waals surface area contributed by atoms with Crippen molar-refractivity contribution in [1.29, 1.82) is 0 Å². The lowest BCUT2D eigenvalue weighted by Crippen LogP contribution is -2.53. The van der Waals surface area contributed by atoms with Crippen LogP contribution >= 0.6 is 0 Å². The topological polar surface area (TPSA) is 192 Å². The fraction of sp³-hybridized carbons (Fsp3) is 0.455. The van der Waals surface area contributed by atoms with Gasteiger partial charge in [0.2, 0.25) is 11.8 Å². The van der Waals surface area contributed by atoms with Crippen molar-refractivity contribution < 1.29 is 37.1 Å². The molecule has 3 aliphatic rings. The normalized spacial score (nSPS) is 18.7. The van der Waals surface area contributed by atoms with Crippen LogP contribution < -0.4 is 10.6 Å². The van der Waals surface area contributed by atoms with Gasteiger partial charge in [-0.1, -0.05) is 58.0 Å². The molecule has 0 bridgehead atoms. The van der Waals surface area contributed by atoms with Crippen LogP contribution in [0.3, 0.4) is 0 Å². The summed E-state index contributed by atoms with van der Waals surface area (Å²) >= 11 is 0. The number of benzene rings is 3. The van der Waals surface area contributed by atoms with E-state index in [4.69, 9.17) is 19.5 Å². The van der Waals surface area contributed by atoms with Crippen molar-refractivity contribution >= 4 is 56.3 Å². The van der Waals surface area contributed by atoms with Gasteiger partial charge in [-0.05, 0) is 84.0 Å². The number of carbonyl (C=O) groups excluding carboxylic acids is 4. The van der Waals surface area contributed by atoms with Gasteiger partial charge in [0.15, 0.2) is 9.84 Å². The van der Waals surface area contributed by atoms with Gasteiger partial charge in [-0.3, -0.25) is 14.6 Å². The lowest BCUT2D eigenvalue weighted by molar-refractivity contribution is -0.135. The Balaban J connectivity index is 1.14. The molecule has 15 nitrogen and oxygen atoms in total. The number of nitrogens with one attached hydrogen (secondary N) is 3. The highest BCUT2D eigenvalue weighted by Crippen LogP contribution is 2.39. The van der Waals surface area contributed by atoms with Gasteiger partial charge in [0.1, 0.15) is 17.9 Å². The Kier molecular flexibility index (Phi) is 12.1. The summed E-state index contributed by atoms with van der Waals surface area (Å²) in [5.74, 6) is -0.0354. The molecule has 0 radical (unpaired) electrons. The molecule has 4 heterocycles. The fourth-order valence-corrected chi connectivity index (χ4v) is 9.55. The van der Waals surface area contributed by atoms with Crippen LogP contribution in [0.15, 0.2) is 64.5 Å². The van der Waals surface area contributed by atoms with Gasteiger partial charge in [-0.15, -0.1) is 0 Å². The Hall–Kier alpha value is -5.77. The first-order valence-corrected chi connectivity index (χ1v) is 22.3. The molecule has 0 unspecified atom stereocenters. The second kappa shape index (κ2) is 17.1. The third kappa shape index (κ3) is 8.47. The summed E-state index contributed by atoms with van der Waals surface area (Å²) in [6, 6.07) is 14.9. The van der Waals surface area contributed by atoms with Gasteiger partial charge in [-0.2, -0.15) is 0 Å². The van der Waals surface area contributed by atoms with E-state index in [1.54, 1.807) is 11.0 Å². The Morgan fingerprint density at radius 2 is 1.33 bits per heavy atom. The van der Waals surface area contributed by atoms with Crippen molar-refractivity contribution in [2.45, 2.75) is 88.9 Å². The van der Waals surface area contributed by atoms with Gasteiger partial charge >= 0.3 is 12.2 Å². The summed E-state index contributed by atoms with van der Waals surface area (Å²) in [4.78, 5) is 68.5. The standard InChI is InChI=1S/C44H53N7O8S/c1-24(2)38(48-43(54)58-5)41(52)50-18-8-10-35(50)34-22-29-13-12-26(20-32(29)45-34)27-14-16-30(37(23-27)60(7,56)57)28-15-17-31-33(21-28)47-40(46-31)36-11-9-19-51(36)42(53)39(25(3)4)49-44(55)59-6/h12-17,20-21,23-25,35-36,38-39H,8-11,18-19,22H2,1-7H3,(H,46,47)(H,48,54)(H,49,55)/t35-,36-,38-,39-/m0/s1. The van der Waals surface area contributed by atoms with Gasteiger partial charge in [0.05, 0.1) is 47.9 Å². The molecule has 3 aromatic carbocycles. The monoisotopic (exact) mass is 839 g/mol. The number of nitrogens with zero attached hydrogens (tertiary/aromatic N) is 4. The van der Waals surface area contributed by atoms with Gasteiger partial charge in [0, 0.05) is 37.0 Å². The molecule has 3 aliphatic heterocycles. The maximum absolute atomic E-state index is 13.7. The molecule has 4 aromatic rings. The lowest BCUT2D eigenvalue weighted by Gasteiger charge is -2.30. The number of amides is 4. The maximum Gasteiger partial charge on any atom is 0.407 e. The number of imidazole rings is 1. The van der Waals surface area contributed by atoms with Crippen LogP contribution in [0.4, 0.5) is 15.3 Å². The lowest BCUT2D eigenvalue weighted by atomic mass is 9.97. The number of rotatable bonds is 11. The molecule has 4 atom stereocenters. The smallest absolute Gasteiger partial charge is 0.407 e. The minimum Gasteiger partial charge on any atom is -0.453 e. The number of ether oxygens (including phenoxy) is 2. The second-order valence-electron chi connectivity index (χ2n) is 16.6. The number of sulfone groups is 1. The number of aromatic nitrogens is 2. The average molecular weight is 840 g/mol. The molecule has 2 fully saturated rings. The van der Waals surface area contributed by atoms with Crippen LogP contribution in [0.5, 0.6) is 0 Å². The minimum absolute atomic E-state index is 0.137. The molecule has 0 spiro atoms. The number of hydrogen-bond donors (Lipinski definition) is 3. The van der Waals surface area contributed by atoms with Crippen molar-refractivity contribution in [1.82, 2.24) is 30.4 Å². The number of alkyl carbamates (subject to hydrolysis) is 2. The largest absolute Gasteiger partial charge is 0.453 e. The Morgan fingerprint density at radius 3 is 1.93 bits per heavy atom. The fourth-order valence-electron chi connectivity index (χ4n) is 8.63. The van der Waals surface area contributed by atoms with Crippen LogP contribution in [-0.2, 0) is 35.3 Å². The zero-order chi connectivity index (χ0) is 43.0.